The lowest BCUT2D eigenvalue weighted by atomic mass is 9.86. The number of ether oxygens (including phenoxy) is 2. The Morgan fingerprint density at radius 3 is 2.68 bits per heavy atom. The van der Waals surface area contributed by atoms with Crippen molar-refractivity contribution >= 4 is 23.6 Å². The largest absolute Gasteiger partial charge is 0.460 e. The Kier molecular flexibility index (Phi) is 7.06. The van der Waals surface area contributed by atoms with Crippen LogP contribution < -0.4 is 10.2 Å². The Hall–Kier alpha value is -3.14. The van der Waals surface area contributed by atoms with E-state index >= 15 is 0 Å². The number of hydrogen-bond acceptors (Lipinski definition) is 8. The quantitative estimate of drug-likeness (QED) is 0.662. The molecule has 2 aromatic heterocycles. The van der Waals surface area contributed by atoms with E-state index in [1.165, 1.54) is 4.90 Å². The number of carbonyl (C=O) groups is 2. The van der Waals surface area contributed by atoms with Gasteiger partial charge in [-0.15, -0.1) is 0 Å². The number of anilines is 2. The molecule has 0 unspecified atom stereocenters. The maximum absolute atomic E-state index is 14.6. The van der Waals surface area contributed by atoms with Crippen molar-refractivity contribution in [3.63, 3.8) is 0 Å². The van der Waals surface area contributed by atoms with Crippen LogP contribution in [-0.4, -0.2) is 58.2 Å². The summed E-state index contributed by atoms with van der Waals surface area (Å²) < 4.78 is 25.3. The molecular weight excluding hydrogens is 441 g/mol. The van der Waals surface area contributed by atoms with Crippen LogP contribution in [0.25, 0.3) is 11.4 Å². The fourth-order valence-corrected chi connectivity index (χ4v) is 4.12. The third kappa shape index (κ3) is 5.85. The van der Waals surface area contributed by atoms with Crippen LogP contribution in [0, 0.1) is 11.7 Å². The molecule has 1 amide bonds. The van der Waals surface area contributed by atoms with Gasteiger partial charge in [0, 0.05) is 6.04 Å². The van der Waals surface area contributed by atoms with Gasteiger partial charge in [0.05, 0.1) is 31.0 Å². The zero-order chi connectivity index (χ0) is 24.3. The van der Waals surface area contributed by atoms with E-state index in [1.807, 2.05) is 20.8 Å². The number of esters is 1. The number of aromatic nitrogens is 3. The smallest absolute Gasteiger partial charge is 0.309 e. The molecule has 1 saturated carbocycles. The molecule has 0 bridgehead atoms. The Balaban J connectivity index is 1.43. The van der Waals surface area contributed by atoms with E-state index in [0.717, 1.165) is 19.0 Å². The van der Waals surface area contributed by atoms with E-state index in [9.17, 15) is 14.0 Å². The molecule has 3 heterocycles. The minimum atomic E-state index is -0.600. The van der Waals surface area contributed by atoms with Crippen molar-refractivity contribution in [3.8, 4) is 11.4 Å². The molecule has 2 fully saturated rings. The maximum atomic E-state index is 14.6. The van der Waals surface area contributed by atoms with Crippen LogP contribution in [0.2, 0.25) is 0 Å². The van der Waals surface area contributed by atoms with Crippen LogP contribution in [-0.2, 0) is 19.1 Å². The summed E-state index contributed by atoms with van der Waals surface area (Å²) >= 11 is 0. The molecule has 0 aromatic carbocycles. The molecule has 34 heavy (non-hydrogen) atoms. The first-order valence-electron chi connectivity index (χ1n) is 11.6. The molecule has 1 aliphatic carbocycles. The standard InChI is InChI=1S/C24H30FN5O4/c1-24(2,3)34-22(32)15-7-9-16(10-8-15)27-23-26-13-17(25)21(29-23)18-5-4-6-19(28-18)30-11-12-33-14-20(30)31/h4-6,13,15-16H,7-12,14H2,1-3H3,(H,26,27,29)/t15-,16-. The fraction of sp³-hybridized carbons (Fsp3) is 0.542. The molecule has 2 aromatic rings. The Bertz CT molecular complexity index is 1050. The van der Waals surface area contributed by atoms with Gasteiger partial charge in [-0.25, -0.2) is 19.3 Å². The third-order valence-corrected chi connectivity index (χ3v) is 5.78. The van der Waals surface area contributed by atoms with E-state index in [-0.39, 0.29) is 36.1 Å². The lowest BCUT2D eigenvalue weighted by Gasteiger charge is -2.30. The van der Waals surface area contributed by atoms with Gasteiger partial charge in [-0.2, -0.15) is 0 Å². The average molecular weight is 472 g/mol. The second-order valence-electron chi connectivity index (χ2n) is 9.60. The predicted molar refractivity (Wildman–Crippen MR) is 124 cm³/mol. The zero-order valence-electron chi connectivity index (χ0n) is 19.7. The highest BCUT2D eigenvalue weighted by molar-refractivity contribution is 5.94. The van der Waals surface area contributed by atoms with Gasteiger partial charge in [0.1, 0.15) is 23.7 Å². The lowest BCUT2D eigenvalue weighted by molar-refractivity contribution is -0.161. The van der Waals surface area contributed by atoms with Crippen LogP contribution in [0.5, 0.6) is 0 Å². The van der Waals surface area contributed by atoms with E-state index in [4.69, 9.17) is 9.47 Å². The van der Waals surface area contributed by atoms with E-state index in [0.29, 0.717) is 43.5 Å². The Morgan fingerprint density at radius 1 is 1.21 bits per heavy atom. The molecule has 0 radical (unpaired) electrons. The van der Waals surface area contributed by atoms with Gasteiger partial charge in [-0.3, -0.25) is 14.5 Å². The van der Waals surface area contributed by atoms with E-state index < -0.39 is 11.4 Å². The molecule has 9 nitrogen and oxygen atoms in total. The molecule has 0 spiro atoms. The van der Waals surface area contributed by atoms with Crippen LogP contribution >= 0.6 is 0 Å². The minimum Gasteiger partial charge on any atom is -0.460 e. The number of rotatable bonds is 5. The predicted octanol–water partition coefficient (Wildman–Crippen LogP) is 3.35. The van der Waals surface area contributed by atoms with Gasteiger partial charge >= 0.3 is 5.97 Å². The van der Waals surface area contributed by atoms with Crippen molar-refractivity contribution in [1.82, 2.24) is 15.0 Å². The third-order valence-electron chi connectivity index (χ3n) is 5.78. The lowest BCUT2D eigenvalue weighted by Crippen LogP contribution is -2.42. The summed E-state index contributed by atoms with van der Waals surface area (Å²) in [5.41, 5.74) is -0.124. The summed E-state index contributed by atoms with van der Waals surface area (Å²) in [6, 6.07) is 5.14. The summed E-state index contributed by atoms with van der Waals surface area (Å²) in [7, 11) is 0. The van der Waals surface area contributed by atoms with Gasteiger partial charge in [-0.05, 0) is 58.6 Å². The van der Waals surface area contributed by atoms with Gasteiger partial charge in [0.15, 0.2) is 5.82 Å². The van der Waals surface area contributed by atoms with E-state index in [2.05, 4.69) is 20.3 Å². The van der Waals surface area contributed by atoms with Crippen molar-refractivity contribution in [2.45, 2.75) is 58.1 Å². The summed E-state index contributed by atoms with van der Waals surface area (Å²) in [6.45, 7) is 6.41. The van der Waals surface area contributed by atoms with Crippen LogP contribution in [0.3, 0.4) is 0 Å². The molecule has 182 valence electrons. The molecular formula is C24H30FN5O4. The fourth-order valence-electron chi connectivity index (χ4n) is 4.12. The van der Waals surface area contributed by atoms with Crippen LogP contribution in [0.4, 0.5) is 16.2 Å². The van der Waals surface area contributed by atoms with Crippen molar-refractivity contribution in [3.05, 3.63) is 30.2 Å². The van der Waals surface area contributed by atoms with Crippen LogP contribution in [0.1, 0.15) is 46.5 Å². The molecule has 1 N–H and O–H groups in total. The van der Waals surface area contributed by atoms with Gasteiger partial charge in [-0.1, -0.05) is 6.07 Å². The number of amides is 1. The van der Waals surface area contributed by atoms with Gasteiger partial charge in [0.2, 0.25) is 5.95 Å². The molecule has 1 aliphatic heterocycles. The van der Waals surface area contributed by atoms with Crippen molar-refractivity contribution in [2.75, 3.05) is 30.0 Å². The number of hydrogen-bond donors (Lipinski definition) is 1. The van der Waals surface area contributed by atoms with Crippen molar-refractivity contribution in [1.29, 1.82) is 0 Å². The van der Waals surface area contributed by atoms with Gasteiger partial charge < -0.3 is 14.8 Å². The first-order valence-corrected chi connectivity index (χ1v) is 11.6. The second-order valence-corrected chi connectivity index (χ2v) is 9.60. The van der Waals surface area contributed by atoms with E-state index in [1.54, 1.807) is 18.2 Å². The van der Waals surface area contributed by atoms with Crippen molar-refractivity contribution in [2.24, 2.45) is 5.92 Å². The first kappa shape index (κ1) is 24.0. The molecule has 1 saturated heterocycles. The second kappa shape index (κ2) is 10.0. The molecule has 4 rings (SSSR count). The number of carbonyl (C=O) groups excluding carboxylic acids is 2. The summed E-state index contributed by atoms with van der Waals surface area (Å²) in [5, 5.41) is 3.26. The molecule has 10 heteroatoms. The van der Waals surface area contributed by atoms with Crippen LogP contribution in [0.15, 0.2) is 24.4 Å². The zero-order valence-corrected chi connectivity index (χ0v) is 19.7. The number of morpholine rings is 1. The number of pyridine rings is 1. The van der Waals surface area contributed by atoms with Gasteiger partial charge in [0.25, 0.3) is 5.91 Å². The minimum absolute atomic E-state index is 0.00197. The highest BCUT2D eigenvalue weighted by Crippen LogP contribution is 2.29. The average Bonchev–Trinajstić information content (AvgIpc) is 2.80. The Morgan fingerprint density at radius 2 is 1.97 bits per heavy atom. The topological polar surface area (TPSA) is 107 Å². The SMILES string of the molecule is CC(C)(C)OC(=O)[C@H]1CC[C@H](Nc2ncc(F)c(-c3cccc(N4CCOCC4=O)n3)n2)CC1. The first-order chi connectivity index (χ1) is 16.2. The van der Waals surface area contributed by atoms with Crippen molar-refractivity contribution < 1.29 is 23.5 Å². The molecule has 2 aliphatic rings. The maximum Gasteiger partial charge on any atom is 0.309 e. The monoisotopic (exact) mass is 471 g/mol. The normalized spacial score (nSPS) is 21.3. The number of halogens is 1. The molecule has 0 atom stereocenters. The number of nitrogens with one attached hydrogen (secondary N) is 1. The summed E-state index contributed by atoms with van der Waals surface area (Å²) in [5.74, 6) is -0.334. The number of nitrogens with zero attached hydrogens (tertiary/aromatic N) is 4. The highest BCUT2D eigenvalue weighted by atomic mass is 19.1. The Labute approximate surface area is 198 Å². The highest BCUT2D eigenvalue weighted by Gasteiger charge is 2.30. The summed E-state index contributed by atoms with van der Waals surface area (Å²) in [6.07, 6.45) is 4.04. The summed E-state index contributed by atoms with van der Waals surface area (Å²) in [4.78, 5) is 38.9.